The highest BCUT2D eigenvalue weighted by Crippen LogP contribution is 2.33. The van der Waals surface area contributed by atoms with Crippen LogP contribution in [0.4, 0.5) is 4.79 Å². The second-order valence-electron chi connectivity index (χ2n) is 7.37. The van der Waals surface area contributed by atoms with Gasteiger partial charge < -0.3 is 20.0 Å². The van der Waals surface area contributed by atoms with Crippen molar-refractivity contribution in [3.8, 4) is 0 Å². The third kappa shape index (κ3) is 4.40. The van der Waals surface area contributed by atoms with E-state index in [0.717, 1.165) is 19.5 Å². The van der Waals surface area contributed by atoms with Gasteiger partial charge in [0.25, 0.3) is 0 Å². The third-order valence-corrected chi connectivity index (χ3v) is 6.06. The lowest BCUT2D eigenvalue weighted by molar-refractivity contribution is -0.134. The maximum atomic E-state index is 12.8. The number of nitrogens with zero attached hydrogens (tertiary/aromatic N) is 3. The van der Waals surface area contributed by atoms with Gasteiger partial charge in [0, 0.05) is 45.3 Å². The minimum absolute atomic E-state index is 0. The molecule has 0 radical (unpaired) electrons. The number of amides is 3. The summed E-state index contributed by atoms with van der Waals surface area (Å²) in [5.74, 6) is 0.942. The minimum Gasteiger partial charge on any atom is -0.338 e. The van der Waals surface area contributed by atoms with E-state index in [1.165, 1.54) is 25.7 Å². The highest BCUT2D eigenvalue weighted by molar-refractivity contribution is 5.85. The molecule has 1 aliphatic carbocycles. The van der Waals surface area contributed by atoms with Crippen molar-refractivity contribution < 1.29 is 9.59 Å². The van der Waals surface area contributed by atoms with Crippen LogP contribution in [0.5, 0.6) is 0 Å². The van der Waals surface area contributed by atoms with Gasteiger partial charge in [0.05, 0.1) is 6.04 Å². The molecule has 3 amide bonds. The molecule has 3 rings (SSSR count). The smallest absolute Gasteiger partial charge is 0.320 e. The van der Waals surface area contributed by atoms with Gasteiger partial charge >= 0.3 is 6.03 Å². The zero-order chi connectivity index (χ0) is 17.1. The van der Waals surface area contributed by atoms with Crippen molar-refractivity contribution in [3.05, 3.63) is 0 Å². The topological polar surface area (TPSA) is 55.9 Å². The van der Waals surface area contributed by atoms with E-state index >= 15 is 0 Å². The van der Waals surface area contributed by atoms with Crippen LogP contribution in [0.1, 0.15) is 46.0 Å². The van der Waals surface area contributed by atoms with Crippen molar-refractivity contribution in [2.75, 3.05) is 39.3 Å². The average Bonchev–Trinajstić information content (AvgIpc) is 3.06. The molecule has 6 nitrogen and oxygen atoms in total. The number of nitrogens with one attached hydrogen (secondary N) is 1. The van der Waals surface area contributed by atoms with E-state index < -0.39 is 0 Å². The number of halogens is 1. The molecule has 3 aliphatic rings. The molecule has 0 aromatic rings. The first-order valence-corrected chi connectivity index (χ1v) is 9.72. The molecule has 144 valence electrons. The number of carbonyl (C=O) groups excluding carboxylic acids is 2. The fraction of sp³-hybridized carbons (Fsp3) is 0.889. The monoisotopic (exact) mass is 372 g/mol. The predicted octanol–water partition coefficient (Wildman–Crippen LogP) is 1.93. The lowest BCUT2D eigenvalue weighted by Gasteiger charge is -2.38. The van der Waals surface area contributed by atoms with Crippen molar-refractivity contribution in [2.45, 2.75) is 58.0 Å². The molecular weight excluding hydrogens is 340 g/mol. The quantitative estimate of drug-likeness (QED) is 0.823. The Morgan fingerprint density at radius 1 is 1.00 bits per heavy atom. The molecule has 3 fully saturated rings. The molecule has 3 atom stereocenters. The van der Waals surface area contributed by atoms with Crippen LogP contribution < -0.4 is 5.32 Å². The second kappa shape index (κ2) is 9.08. The SMILES string of the molecule is CCN(CC)C(=O)N1CCN(C(=O)C2CC3CCCCC3N2)CC1.Cl. The standard InChI is InChI=1S/C18H32N4O2.ClH/c1-3-20(4-2)18(24)22-11-9-21(10-12-22)17(23)16-13-14-7-5-6-8-15(14)19-16;/h14-16,19H,3-13H2,1-2H3;1H. The first kappa shape index (κ1) is 20.3. The zero-order valence-corrected chi connectivity index (χ0v) is 16.4. The summed E-state index contributed by atoms with van der Waals surface area (Å²) >= 11 is 0. The number of rotatable bonds is 3. The summed E-state index contributed by atoms with van der Waals surface area (Å²) in [6, 6.07) is 0.665. The minimum atomic E-state index is 0. The predicted molar refractivity (Wildman–Crippen MR) is 101 cm³/mol. The zero-order valence-electron chi connectivity index (χ0n) is 15.6. The lowest BCUT2D eigenvalue weighted by Crippen LogP contribution is -2.56. The first-order chi connectivity index (χ1) is 11.6. The van der Waals surface area contributed by atoms with Crippen LogP contribution in [0.2, 0.25) is 0 Å². The lowest BCUT2D eigenvalue weighted by atomic mass is 9.85. The maximum Gasteiger partial charge on any atom is 0.320 e. The number of carbonyl (C=O) groups is 2. The number of piperazine rings is 1. The van der Waals surface area contributed by atoms with Crippen molar-refractivity contribution in [1.82, 2.24) is 20.0 Å². The highest BCUT2D eigenvalue weighted by Gasteiger charge is 2.40. The normalized spacial score (nSPS) is 29.0. The van der Waals surface area contributed by atoms with Crippen molar-refractivity contribution in [1.29, 1.82) is 0 Å². The first-order valence-electron chi connectivity index (χ1n) is 9.72. The van der Waals surface area contributed by atoms with Gasteiger partial charge in [0.1, 0.15) is 0 Å². The van der Waals surface area contributed by atoms with Crippen LogP contribution in [-0.2, 0) is 4.79 Å². The Kier molecular flexibility index (Phi) is 7.37. The summed E-state index contributed by atoms with van der Waals surface area (Å²) in [7, 11) is 0. The van der Waals surface area contributed by atoms with E-state index in [0.29, 0.717) is 38.1 Å². The van der Waals surface area contributed by atoms with Crippen LogP contribution in [-0.4, -0.2) is 78.0 Å². The number of hydrogen-bond acceptors (Lipinski definition) is 3. The Bertz CT molecular complexity index is 450. The molecule has 1 saturated carbocycles. The molecular formula is C18H33ClN4O2. The van der Waals surface area contributed by atoms with E-state index in [9.17, 15) is 9.59 Å². The van der Waals surface area contributed by atoms with Crippen molar-refractivity contribution >= 4 is 24.3 Å². The number of hydrogen-bond donors (Lipinski definition) is 1. The third-order valence-electron chi connectivity index (χ3n) is 6.06. The van der Waals surface area contributed by atoms with Crippen molar-refractivity contribution in [3.63, 3.8) is 0 Å². The fourth-order valence-electron chi connectivity index (χ4n) is 4.54. The fourth-order valence-corrected chi connectivity index (χ4v) is 4.54. The number of fused-ring (bicyclic) bond motifs is 1. The Morgan fingerprint density at radius 3 is 2.20 bits per heavy atom. The van der Waals surface area contributed by atoms with Crippen LogP contribution in [0.25, 0.3) is 0 Å². The Labute approximate surface area is 157 Å². The summed E-state index contributed by atoms with van der Waals surface area (Å²) in [6.07, 6.45) is 6.10. The molecule has 0 spiro atoms. The van der Waals surface area contributed by atoms with Crippen LogP contribution in [0, 0.1) is 5.92 Å². The second-order valence-corrected chi connectivity index (χ2v) is 7.37. The van der Waals surface area contributed by atoms with Gasteiger partial charge in [-0.2, -0.15) is 0 Å². The van der Waals surface area contributed by atoms with Crippen LogP contribution in [0.15, 0.2) is 0 Å². The highest BCUT2D eigenvalue weighted by atomic mass is 35.5. The van der Waals surface area contributed by atoms with Gasteiger partial charge in [-0.25, -0.2) is 4.79 Å². The molecule has 7 heteroatoms. The molecule has 0 bridgehead atoms. The molecule has 25 heavy (non-hydrogen) atoms. The Hall–Kier alpha value is -1.01. The summed E-state index contributed by atoms with van der Waals surface area (Å²) in [5, 5.41) is 3.58. The Balaban J connectivity index is 0.00000225. The molecule has 3 unspecified atom stereocenters. The van der Waals surface area contributed by atoms with E-state index in [4.69, 9.17) is 0 Å². The molecule has 2 aliphatic heterocycles. The van der Waals surface area contributed by atoms with E-state index in [1.54, 1.807) is 0 Å². The molecule has 0 aromatic heterocycles. The van der Waals surface area contributed by atoms with Gasteiger partial charge in [-0.15, -0.1) is 12.4 Å². The summed E-state index contributed by atoms with van der Waals surface area (Å²) < 4.78 is 0. The molecule has 0 aromatic carbocycles. The van der Waals surface area contributed by atoms with Crippen molar-refractivity contribution in [2.24, 2.45) is 5.92 Å². The van der Waals surface area contributed by atoms with Gasteiger partial charge in [0.2, 0.25) is 5.91 Å². The van der Waals surface area contributed by atoms with Gasteiger partial charge in [-0.3, -0.25) is 4.79 Å². The Morgan fingerprint density at radius 2 is 1.60 bits per heavy atom. The van der Waals surface area contributed by atoms with Gasteiger partial charge in [-0.1, -0.05) is 12.8 Å². The number of urea groups is 1. The van der Waals surface area contributed by atoms with Gasteiger partial charge in [-0.05, 0) is 39.0 Å². The molecule has 2 saturated heterocycles. The average molecular weight is 373 g/mol. The van der Waals surface area contributed by atoms with E-state index in [2.05, 4.69) is 5.32 Å². The van der Waals surface area contributed by atoms with Crippen LogP contribution >= 0.6 is 12.4 Å². The van der Waals surface area contributed by atoms with Crippen LogP contribution in [0.3, 0.4) is 0 Å². The summed E-state index contributed by atoms with van der Waals surface area (Å²) in [4.78, 5) is 30.9. The van der Waals surface area contributed by atoms with Gasteiger partial charge in [0.15, 0.2) is 0 Å². The maximum absolute atomic E-state index is 12.8. The molecule has 1 N–H and O–H groups in total. The summed E-state index contributed by atoms with van der Waals surface area (Å²) in [5.41, 5.74) is 0. The summed E-state index contributed by atoms with van der Waals surface area (Å²) in [6.45, 7) is 8.13. The van der Waals surface area contributed by atoms with E-state index in [1.807, 2.05) is 28.5 Å². The molecule has 2 heterocycles. The van der Waals surface area contributed by atoms with E-state index in [-0.39, 0.29) is 30.4 Å². The largest absolute Gasteiger partial charge is 0.338 e.